The normalized spacial score (nSPS) is 21.5. The number of unbranched alkanes of at least 4 members (excludes halogenated alkanes) is 2. The predicted octanol–water partition coefficient (Wildman–Crippen LogP) is 6.99. The zero-order chi connectivity index (χ0) is 19.4. The fraction of sp³-hybridized carbons (Fsp3) is 0.444. The molecule has 142 valence electrons. The number of carbonyl (C=O) groups is 2. The number of hydrogen-bond acceptors (Lipinski definition) is 4. The van der Waals surface area contributed by atoms with E-state index in [9.17, 15) is 9.59 Å². The van der Waals surface area contributed by atoms with Gasteiger partial charge in [-0.2, -0.15) is 0 Å². The Hall–Kier alpha value is -0.180. The summed E-state index contributed by atoms with van der Waals surface area (Å²) in [7, 11) is 0. The molecule has 26 heavy (non-hydrogen) atoms. The smallest absolute Gasteiger partial charge is 0.340 e. The molecule has 0 atom stereocenters. The molecule has 0 unspecified atom stereocenters. The van der Waals surface area contributed by atoms with E-state index in [1.54, 1.807) is 0 Å². The second-order valence-corrected chi connectivity index (χ2v) is 9.03. The van der Waals surface area contributed by atoms with Gasteiger partial charge in [0.1, 0.15) is 0 Å². The molecule has 0 saturated carbocycles. The van der Waals surface area contributed by atoms with Crippen LogP contribution in [0.15, 0.2) is 40.6 Å². The van der Waals surface area contributed by atoms with Gasteiger partial charge in [0, 0.05) is 0 Å². The highest BCUT2D eigenvalue weighted by molar-refractivity contribution is 9.15. The van der Waals surface area contributed by atoms with Crippen molar-refractivity contribution in [2.24, 2.45) is 0 Å². The fourth-order valence-electron chi connectivity index (χ4n) is 2.46. The first kappa shape index (κ1) is 22.1. The van der Waals surface area contributed by atoms with E-state index in [2.05, 4.69) is 77.6 Å². The third-order valence-corrected chi connectivity index (χ3v) is 7.69. The molecule has 2 heterocycles. The first-order valence-corrected chi connectivity index (χ1v) is 11.5. The standard InChI is InChI=1S/C18H18Br4O4/c1-3-5-7-9-11(19)15(25-17(9)23)13(21)14(22)16-12(20)10(8-6-4-2)18(24)26-16/h3-8H2,1-2H3. The Kier molecular flexibility index (Phi) is 8.37. The molecule has 2 rings (SSSR count). The van der Waals surface area contributed by atoms with E-state index in [1.807, 2.05) is 0 Å². The quantitative estimate of drug-likeness (QED) is 0.289. The van der Waals surface area contributed by atoms with Crippen LogP contribution in [0.3, 0.4) is 0 Å². The number of allylic oxidation sites excluding steroid dienone is 4. The maximum Gasteiger partial charge on any atom is 0.340 e. The molecule has 0 amide bonds. The Morgan fingerprint density at radius 1 is 0.769 bits per heavy atom. The summed E-state index contributed by atoms with van der Waals surface area (Å²) in [5.41, 5.74) is 1.23. The molecule has 0 N–H and O–H groups in total. The Morgan fingerprint density at radius 3 is 1.42 bits per heavy atom. The van der Waals surface area contributed by atoms with E-state index >= 15 is 0 Å². The molecular weight excluding hydrogens is 600 g/mol. The van der Waals surface area contributed by atoms with Gasteiger partial charge in [0.05, 0.1) is 29.1 Å². The second-order valence-electron chi connectivity index (χ2n) is 5.86. The molecule has 0 fully saturated rings. The van der Waals surface area contributed by atoms with E-state index in [4.69, 9.17) is 9.47 Å². The summed E-state index contributed by atoms with van der Waals surface area (Å²) in [5.74, 6) is 0.0335. The average Bonchev–Trinajstić information content (AvgIpc) is 3.06. The van der Waals surface area contributed by atoms with Gasteiger partial charge in [0.25, 0.3) is 0 Å². The molecule has 0 spiro atoms. The fourth-order valence-corrected chi connectivity index (χ4v) is 5.19. The van der Waals surface area contributed by atoms with Crippen LogP contribution in [0.25, 0.3) is 0 Å². The van der Waals surface area contributed by atoms with Crippen molar-refractivity contribution in [2.45, 2.75) is 52.4 Å². The lowest BCUT2D eigenvalue weighted by molar-refractivity contribution is -0.134. The van der Waals surface area contributed by atoms with E-state index in [0.717, 1.165) is 25.7 Å². The van der Waals surface area contributed by atoms with Crippen molar-refractivity contribution in [1.29, 1.82) is 0 Å². The molecule has 4 nitrogen and oxygen atoms in total. The van der Waals surface area contributed by atoms with Crippen molar-refractivity contribution in [3.05, 3.63) is 40.6 Å². The van der Waals surface area contributed by atoms with Crippen molar-refractivity contribution < 1.29 is 19.1 Å². The van der Waals surface area contributed by atoms with Crippen LogP contribution in [0.2, 0.25) is 0 Å². The Bertz CT molecular complexity index is 695. The molecule has 0 radical (unpaired) electrons. The maximum atomic E-state index is 12.1. The topological polar surface area (TPSA) is 52.6 Å². The molecule has 0 bridgehead atoms. The summed E-state index contributed by atoms with van der Waals surface area (Å²) in [5, 5.41) is 0. The first-order chi connectivity index (χ1) is 12.3. The molecular formula is C18H18Br4O4. The van der Waals surface area contributed by atoms with Crippen LogP contribution in [-0.4, -0.2) is 11.9 Å². The van der Waals surface area contributed by atoms with Crippen LogP contribution in [0.5, 0.6) is 0 Å². The van der Waals surface area contributed by atoms with Gasteiger partial charge in [-0.3, -0.25) is 0 Å². The predicted molar refractivity (Wildman–Crippen MR) is 115 cm³/mol. The molecule has 2 aliphatic heterocycles. The SMILES string of the molecule is CCCCC1=C(Br)C(=C(Br)C(Br)=C2OC(=O)C(CCCC)=C2Br)OC1=O. The van der Waals surface area contributed by atoms with Gasteiger partial charge in [-0.25, -0.2) is 9.59 Å². The zero-order valence-electron chi connectivity index (χ0n) is 14.4. The highest BCUT2D eigenvalue weighted by atomic mass is 79.9. The van der Waals surface area contributed by atoms with Crippen molar-refractivity contribution in [3.8, 4) is 0 Å². The number of carbonyl (C=O) groups excluding carboxylic acids is 2. The van der Waals surface area contributed by atoms with Crippen LogP contribution in [0, 0.1) is 0 Å². The average molecular weight is 618 g/mol. The highest BCUT2D eigenvalue weighted by Gasteiger charge is 2.34. The highest BCUT2D eigenvalue weighted by Crippen LogP contribution is 2.45. The molecule has 8 heteroatoms. The van der Waals surface area contributed by atoms with Crippen LogP contribution in [-0.2, 0) is 19.1 Å². The first-order valence-electron chi connectivity index (χ1n) is 8.35. The van der Waals surface area contributed by atoms with Gasteiger partial charge in [0.2, 0.25) is 0 Å². The molecule has 0 aromatic heterocycles. The van der Waals surface area contributed by atoms with Crippen molar-refractivity contribution >= 4 is 75.7 Å². The van der Waals surface area contributed by atoms with E-state index in [1.165, 1.54) is 0 Å². The second kappa shape index (κ2) is 9.85. The number of halogens is 4. The van der Waals surface area contributed by atoms with E-state index < -0.39 is 0 Å². The monoisotopic (exact) mass is 614 g/mol. The Balaban J connectivity index is 2.41. The van der Waals surface area contributed by atoms with Crippen LogP contribution in [0.4, 0.5) is 0 Å². The van der Waals surface area contributed by atoms with Gasteiger partial charge >= 0.3 is 11.9 Å². The number of ether oxygens (including phenoxy) is 2. The Morgan fingerprint density at radius 2 is 1.12 bits per heavy atom. The van der Waals surface area contributed by atoms with Crippen molar-refractivity contribution in [2.75, 3.05) is 0 Å². The third-order valence-electron chi connectivity index (χ3n) is 3.96. The third kappa shape index (κ3) is 4.62. The lowest BCUT2D eigenvalue weighted by atomic mass is 10.1. The van der Waals surface area contributed by atoms with E-state index in [-0.39, 0.29) is 11.9 Å². The lowest BCUT2D eigenvalue weighted by Crippen LogP contribution is -2.00. The molecule has 0 saturated heterocycles. The lowest BCUT2D eigenvalue weighted by Gasteiger charge is -2.07. The summed E-state index contributed by atoms with van der Waals surface area (Å²) in [6.07, 6.45) is 5.07. The van der Waals surface area contributed by atoms with E-state index in [0.29, 0.717) is 53.4 Å². The molecule has 0 aromatic rings. The minimum Gasteiger partial charge on any atom is -0.421 e. The minimum absolute atomic E-state index is 0.357. The summed E-state index contributed by atoms with van der Waals surface area (Å²) < 4.78 is 13.1. The minimum atomic E-state index is -0.357. The van der Waals surface area contributed by atoms with Crippen LogP contribution in [0.1, 0.15) is 52.4 Å². The van der Waals surface area contributed by atoms with Crippen molar-refractivity contribution in [1.82, 2.24) is 0 Å². The maximum absolute atomic E-state index is 12.1. The Labute approximate surface area is 186 Å². The summed E-state index contributed by atoms with van der Waals surface area (Å²) in [4.78, 5) is 24.3. The van der Waals surface area contributed by atoms with Gasteiger partial charge in [-0.1, -0.05) is 26.7 Å². The molecule has 0 aliphatic carbocycles. The van der Waals surface area contributed by atoms with Gasteiger partial charge < -0.3 is 9.47 Å². The number of cyclic esters (lactones) is 2. The van der Waals surface area contributed by atoms with Gasteiger partial charge in [-0.15, -0.1) is 0 Å². The van der Waals surface area contributed by atoms with Crippen LogP contribution >= 0.6 is 63.7 Å². The largest absolute Gasteiger partial charge is 0.421 e. The number of rotatable bonds is 7. The zero-order valence-corrected chi connectivity index (χ0v) is 20.7. The molecule has 0 aromatic carbocycles. The van der Waals surface area contributed by atoms with Crippen LogP contribution < -0.4 is 0 Å². The van der Waals surface area contributed by atoms with Gasteiger partial charge in [0.15, 0.2) is 11.5 Å². The van der Waals surface area contributed by atoms with Gasteiger partial charge in [-0.05, 0) is 89.4 Å². The van der Waals surface area contributed by atoms with Crippen molar-refractivity contribution in [3.63, 3.8) is 0 Å². The molecule has 2 aliphatic rings. The number of hydrogen-bond donors (Lipinski definition) is 0. The summed E-state index contributed by atoms with van der Waals surface area (Å²) >= 11 is 13.9. The number of esters is 2. The summed E-state index contributed by atoms with van der Waals surface area (Å²) in [6.45, 7) is 4.13. The summed E-state index contributed by atoms with van der Waals surface area (Å²) in [6, 6.07) is 0.